The molecular formula is C33H49NO4Si2. The molecule has 0 radical (unpaired) electrons. The van der Waals surface area contributed by atoms with E-state index in [1.165, 1.54) is 10.4 Å². The summed E-state index contributed by atoms with van der Waals surface area (Å²) in [4.78, 5) is 16.6. The zero-order valence-corrected chi connectivity index (χ0v) is 28.2. The zero-order valence-electron chi connectivity index (χ0n) is 26.2. The lowest BCUT2D eigenvalue weighted by Gasteiger charge is -2.46. The van der Waals surface area contributed by atoms with Gasteiger partial charge in [0.15, 0.2) is 0 Å². The van der Waals surface area contributed by atoms with Crippen LogP contribution in [0, 0.1) is 0 Å². The molecule has 0 spiro atoms. The maximum Gasteiger partial charge on any atom is 0.261 e. The molecule has 0 unspecified atom stereocenters. The molecule has 1 aliphatic heterocycles. The van der Waals surface area contributed by atoms with Gasteiger partial charge in [-0.25, -0.2) is 0 Å². The normalized spacial score (nSPS) is 24.3. The average Bonchev–Trinajstić information content (AvgIpc) is 3.31. The van der Waals surface area contributed by atoms with Crippen molar-refractivity contribution < 1.29 is 19.1 Å². The second-order valence-corrected chi connectivity index (χ2v) is 23.9. The molecule has 5 nitrogen and oxygen atoms in total. The molecule has 1 saturated carbocycles. The van der Waals surface area contributed by atoms with Crippen LogP contribution < -0.4 is 10.4 Å². The number of amides is 1. The molecule has 4 rings (SSSR count). The average molecular weight is 580 g/mol. The van der Waals surface area contributed by atoms with Crippen LogP contribution in [-0.2, 0) is 14.0 Å². The van der Waals surface area contributed by atoms with E-state index in [1.54, 1.807) is 0 Å². The predicted molar refractivity (Wildman–Crippen MR) is 169 cm³/mol. The smallest absolute Gasteiger partial charge is 0.261 e. The molecule has 1 aliphatic carbocycles. The van der Waals surface area contributed by atoms with Crippen molar-refractivity contribution in [2.75, 3.05) is 6.61 Å². The summed E-state index contributed by atoms with van der Waals surface area (Å²) >= 11 is 0. The van der Waals surface area contributed by atoms with Crippen LogP contribution in [0.1, 0.15) is 61.3 Å². The molecule has 2 fully saturated rings. The van der Waals surface area contributed by atoms with Crippen LogP contribution in [-0.4, -0.2) is 62.4 Å². The fourth-order valence-corrected chi connectivity index (χ4v) is 13.5. The minimum atomic E-state index is -2.89. The second-order valence-electron chi connectivity index (χ2n) is 14.6. The number of ether oxygens (including phenoxy) is 1. The van der Waals surface area contributed by atoms with Crippen molar-refractivity contribution in [3.05, 3.63) is 71.4 Å². The van der Waals surface area contributed by atoms with Crippen LogP contribution in [0.15, 0.2) is 71.4 Å². The third-order valence-electron chi connectivity index (χ3n) is 8.52. The Balaban J connectivity index is 1.94. The topological polar surface area (TPSA) is 59.0 Å². The first-order valence-electron chi connectivity index (χ1n) is 14.6. The summed E-state index contributed by atoms with van der Waals surface area (Å²) in [6, 6.07) is 21.2. The molecular weight excluding hydrogens is 531 g/mol. The Labute approximate surface area is 243 Å². The van der Waals surface area contributed by atoms with Crippen molar-refractivity contribution >= 4 is 32.7 Å². The van der Waals surface area contributed by atoms with E-state index in [0.717, 1.165) is 10.8 Å². The summed E-state index contributed by atoms with van der Waals surface area (Å²) in [5.74, 6) is -0.0151. The minimum absolute atomic E-state index is 0.0151. The van der Waals surface area contributed by atoms with E-state index >= 15 is 0 Å². The zero-order chi connectivity index (χ0) is 29.7. The fraction of sp³-hybridized carbons (Fsp3) is 0.545. The van der Waals surface area contributed by atoms with E-state index < -0.39 is 33.8 Å². The van der Waals surface area contributed by atoms with Crippen LogP contribution in [0.5, 0.6) is 0 Å². The van der Waals surface area contributed by atoms with Crippen molar-refractivity contribution in [1.82, 2.24) is 4.90 Å². The Kier molecular flexibility index (Phi) is 8.24. The van der Waals surface area contributed by atoms with Gasteiger partial charge in [-0.3, -0.25) is 4.79 Å². The Morgan fingerprint density at radius 1 is 0.925 bits per heavy atom. The van der Waals surface area contributed by atoms with E-state index in [0.29, 0.717) is 19.4 Å². The maximum absolute atomic E-state index is 14.7. The number of carbonyl (C=O) groups is 1. The summed E-state index contributed by atoms with van der Waals surface area (Å²) in [5, 5.41) is 14.6. The molecule has 0 bridgehead atoms. The lowest BCUT2D eigenvalue weighted by atomic mass is 10.0. The Morgan fingerprint density at radius 3 is 1.82 bits per heavy atom. The van der Waals surface area contributed by atoms with E-state index in [4.69, 9.17) is 9.16 Å². The summed E-state index contributed by atoms with van der Waals surface area (Å²) in [7, 11) is -5.16. The highest BCUT2D eigenvalue weighted by Gasteiger charge is 2.55. The van der Waals surface area contributed by atoms with Crippen LogP contribution in [0.25, 0.3) is 0 Å². The number of hydrogen-bond acceptors (Lipinski definition) is 4. The van der Waals surface area contributed by atoms with Gasteiger partial charge in [-0.2, -0.15) is 0 Å². The first-order chi connectivity index (χ1) is 18.4. The molecule has 2 aromatic rings. The molecule has 40 heavy (non-hydrogen) atoms. The van der Waals surface area contributed by atoms with Gasteiger partial charge in [-0.1, -0.05) is 101 Å². The number of aliphatic hydroxyl groups is 1. The lowest BCUT2D eigenvalue weighted by Crippen LogP contribution is -2.67. The van der Waals surface area contributed by atoms with Gasteiger partial charge in [0.1, 0.15) is 5.72 Å². The Morgan fingerprint density at radius 2 is 1.43 bits per heavy atom. The number of carbonyl (C=O) groups excluding carboxylic acids is 1. The van der Waals surface area contributed by atoms with Gasteiger partial charge in [-0.15, -0.1) is 0 Å². The molecule has 2 aromatic carbocycles. The van der Waals surface area contributed by atoms with Gasteiger partial charge in [0, 0.05) is 5.20 Å². The van der Waals surface area contributed by atoms with E-state index in [2.05, 4.69) is 103 Å². The Bertz CT molecular complexity index is 1190. The molecule has 0 aromatic heterocycles. The van der Waals surface area contributed by atoms with Crippen LogP contribution in [0.4, 0.5) is 0 Å². The number of rotatable bonds is 6. The third-order valence-corrected chi connectivity index (χ3v) is 15.6. The van der Waals surface area contributed by atoms with Crippen LogP contribution in [0.3, 0.4) is 0 Å². The van der Waals surface area contributed by atoms with Crippen LogP contribution in [0.2, 0.25) is 24.7 Å². The molecule has 1 N–H and O–H groups in total. The third kappa shape index (κ3) is 5.43. The quantitative estimate of drug-likeness (QED) is 0.356. The van der Waals surface area contributed by atoms with Crippen molar-refractivity contribution in [2.24, 2.45) is 0 Å². The highest BCUT2D eigenvalue weighted by molar-refractivity contribution is 6.99. The number of aliphatic hydroxyl groups excluding tert-OH is 1. The minimum Gasteiger partial charge on any atom is -0.401 e. The second kappa shape index (κ2) is 10.7. The summed E-state index contributed by atoms with van der Waals surface area (Å²) < 4.78 is 13.7. The van der Waals surface area contributed by atoms with Crippen molar-refractivity contribution in [3.63, 3.8) is 0 Å². The molecule has 218 valence electrons. The molecule has 1 heterocycles. The van der Waals surface area contributed by atoms with Gasteiger partial charge in [-0.05, 0) is 61.5 Å². The Hall–Kier alpha value is -2.04. The van der Waals surface area contributed by atoms with E-state index in [1.807, 2.05) is 30.9 Å². The van der Waals surface area contributed by atoms with Gasteiger partial charge >= 0.3 is 0 Å². The number of hydrogen-bond donors (Lipinski definition) is 1. The molecule has 1 amide bonds. The van der Waals surface area contributed by atoms with Gasteiger partial charge in [0.05, 0.1) is 32.4 Å². The van der Waals surface area contributed by atoms with Gasteiger partial charge in [0.2, 0.25) is 5.91 Å². The first kappa shape index (κ1) is 30.9. The van der Waals surface area contributed by atoms with Gasteiger partial charge < -0.3 is 19.2 Å². The van der Waals surface area contributed by atoms with Gasteiger partial charge in [0.25, 0.3) is 8.32 Å². The van der Waals surface area contributed by atoms with Crippen molar-refractivity contribution in [1.29, 1.82) is 0 Å². The van der Waals surface area contributed by atoms with E-state index in [9.17, 15) is 9.90 Å². The molecule has 7 heteroatoms. The summed E-state index contributed by atoms with van der Waals surface area (Å²) in [5.41, 5.74) is -0.385. The number of nitrogens with zero attached hydrogens (tertiary/aromatic N) is 1. The summed E-state index contributed by atoms with van der Waals surface area (Å²) in [6.07, 6.45) is 0.222. The first-order valence-corrected chi connectivity index (χ1v) is 20.0. The standard InChI is InChI=1S/C33H49NO4Si2/c1-31(2,3)40(24-17-13-11-14-18-24,25-19-15-12-16-20-25)38-27-22-21-26(35)28(27)29(39(8,9)10)30(36)34-32(4,5)23-37-33(34,6)7/h11-20,26-27,35H,21-23H2,1-10H3/b29-28-/t26-,27+/m1/s1. The van der Waals surface area contributed by atoms with Crippen molar-refractivity contribution in [2.45, 2.75) is 109 Å². The lowest BCUT2D eigenvalue weighted by molar-refractivity contribution is -0.143. The molecule has 2 aliphatic rings. The predicted octanol–water partition coefficient (Wildman–Crippen LogP) is 5.63. The SMILES string of the molecule is CC1(C)COC(C)(C)N1C(=O)/C(=C1\[C@H](O)CC[C@@H]1O[Si](c1ccccc1)(c1ccccc1)C(C)(C)C)[Si](C)(C)C. The van der Waals surface area contributed by atoms with Crippen LogP contribution >= 0.6 is 0 Å². The largest absolute Gasteiger partial charge is 0.401 e. The fourth-order valence-electron chi connectivity index (χ4n) is 6.91. The van der Waals surface area contributed by atoms with E-state index in [-0.39, 0.29) is 17.0 Å². The monoisotopic (exact) mass is 579 g/mol. The maximum atomic E-state index is 14.7. The number of benzene rings is 2. The van der Waals surface area contributed by atoms with Crippen molar-refractivity contribution in [3.8, 4) is 0 Å². The molecule has 1 saturated heterocycles. The summed E-state index contributed by atoms with van der Waals surface area (Å²) in [6.45, 7) is 22.0. The molecule has 2 atom stereocenters. The highest BCUT2D eigenvalue weighted by atomic mass is 28.4. The highest BCUT2D eigenvalue weighted by Crippen LogP contribution is 2.44.